The van der Waals surface area contributed by atoms with Crippen LogP contribution in [-0.2, 0) is 9.59 Å². The van der Waals surface area contributed by atoms with Crippen LogP contribution in [0, 0.1) is 0 Å². The summed E-state index contributed by atoms with van der Waals surface area (Å²) in [4.78, 5) is 36.9. The first kappa shape index (κ1) is 13.3. The van der Waals surface area contributed by atoms with Crippen LogP contribution in [0.15, 0.2) is 0 Å². The van der Waals surface area contributed by atoms with Crippen LogP contribution in [0.4, 0.5) is 4.79 Å². The van der Waals surface area contributed by atoms with Gasteiger partial charge in [0.1, 0.15) is 5.54 Å². The number of rotatable bonds is 1. The molecule has 1 spiro atoms. The van der Waals surface area contributed by atoms with Gasteiger partial charge >= 0.3 is 6.03 Å². The molecule has 2 aliphatic heterocycles. The van der Waals surface area contributed by atoms with Crippen molar-refractivity contribution in [2.45, 2.75) is 36.6 Å². The molecule has 18 heavy (non-hydrogen) atoms. The molecule has 0 aromatic rings. The van der Waals surface area contributed by atoms with Gasteiger partial charge < -0.3 is 10.2 Å². The Kier molecular flexibility index (Phi) is 3.12. The van der Waals surface area contributed by atoms with Crippen LogP contribution < -0.4 is 10.6 Å². The summed E-state index contributed by atoms with van der Waals surface area (Å²) in [5.74, 6) is -0.409. The van der Waals surface area contributed by atoms with E-state index in [0.29, 0.717) is 19.4 Å². The number of urea groups is 1. The molecular formula is C11H16BrN3O3. The summed E-state index contributed by atoms with van der Waals surface area (Å²) in [6, 6.07) is -0.479. The predicted octanol–water partition coefficient (Wildman–Crippen LogP) is 0.361. The Morgan fingerprint density at radius 1 is 1.44 bits per heavy atom. The summed E-state index contributed by atoms with van der Waals surface area (Å²) in [5.41, 5.74) is -0.941. The normalized spacial score (nSPS) is 28.3. The van der Waals surface area contributed by atoms with E-state index in [-0.39, 0.29) is 18.4 Å². The average Bonchev–Trinajstić information content (AvgIpc) is 2.51. The molecule has 1 atom stereocenters. The molecule has 2 rings (SSSR count). The fraction of sp³-hybridized carbons (Fsp3) is 0.727. The quantitative estimate of drug-likeness (QED) is 0.541. The summed E-state index contributed by atoms with van der Waals surface area (Å²) >= 11 is 3.32. The van der Waals surface area contributed by atoms with Crippen molar-refractivity contribution in [3.63, 3.8) is 0 Å². The van der Waals surface area contributed by atoms with Crippen molar-refractivity contribution >= 4 is 33.8 Å². The highest BCUT2D eigenvalue weighted by atomic mass is 79.9. The maximum Gasteiger partial charge on any atom is 0.322 e. The van der Waals surface area contributed by atoms with E-state index >= 15 is 0 Å². The molecule has 2 N–H and O–H groups in total. The SMILES string of the molecule is CC(C)(Br)C(=O)N1CCCC2(C1)NC(=O)NC2=O. The van der Waals surface area contributed by atoms with Crippen molar-refractivity contribution in [3.05, 3.63) is 0 Å². The molecule has 2 aliphatic rings. The van der Waals surface area contributed by atoms with E-state index in [4.69, 9.17) is 0 Å². The van der Waals surface area contributed by atoms with Gasteiger partial charge in [0, 0.05) is 6.54 Å². The number of amides is 4. The molecule has 1 unspecified atom stereocenters. The Hall–Kier alpha value is -1.11. The molecule has 0 saturated carbocycles. The van der Waals surface area contributed by atoms with Gasteiger partial charge in [0.15, 0.2) is 0 Å². The lowest BCUT2D eigenvalue weighted by Crippen LogP contribution is -2.61. The number of nitrogens with one attached hydrogen (secondary N) is 2. The van der Waals surface area contributed by atoms with E-state index in [1.54, 1.807) is 18.7 Å². The number of nitrogens with zero attached hydrogens (tertiary/aromatic N) is 1. The van der Waals surface area contributed by atoms with Gasteiger partial charge in [-0.05, 0) is 26.7 Å². The number of imide groups is 1. The smallest absolute Gasteiger partial charge is 0.322 e. The number of carbonyl (C=O) groups is 3. The Morgan fingerprint density at radius 3 is 2.61 bits per heavy atom. The Bertz CT molecular complexity index is 418. The van der Waals surface area contributed by atoms with Crippen molar-refractivity contribution in [1.29, 1.82) is 0 Å². The Labute approximate surface area is 114 Å². The highest BCUT2D eigenvalue weighted by molar-refractivity contribution is 9.10. The van der Waals surface area contributed by atoms with Crippen LogP contribution in [0.5, 0.6) is 0 Å². The van der Waals surface area contributed by atoms with Gasteiger partial charge in [-0.1, -0.05) is 15.9 Å². The number of carbonyl (C=O) groups excluding carboxylic acids is 3. The van der Waals surface area contributed by atoms with E-state index in [0.717, 1.165) is 0 Å². The average molecular weight is 318 g/mol. The van der Waals surface area contributed by atoms with E-state index < -0.39 is 15.9 Å². The van der Waals surface area contributed by atoms with Crippen molar-refractivity contribution in [2.24, 2.45) is 0 Å². The molecule has 6 nitrogen and oxygen atoms in total. The Morgan fingerprint density at radius 2 is 2.11 bits per heavy atom. The third-order valence-electron chi connectivity index (χ3n) is 3.30. The summed E-state index contributed by atoms with van der Waals surface area (Å²) < 4.78 is -0.662. The molecule has 2 fully saturated rings. The minimum Gasteiger partial charge on any atom is -0.339 e. The van der Waals surface area contributed by atoms with Crippen molar-refractivity contribution in [1.82, 2.24) is 15.5 Å². The molecule has 100 valence electrons. The number of piperidine rings is 1. The number of halogens is 1. The third-order valence-corrected chi connectivity index (χ3v) is 3.64. The molecular weight excluding hydrogens is 302 g/mol. The van der Waals surface area contributed by atoms with Crippen molar-refractivity contribution < 1.29 is 14.4 Å². The molecule has 0 bridgehead atoms. The molecule has 0 aliphatic carbocycles. The first-order valence-electron chi connectivity index (χ1n) is 5.86. The zero-order valence-electron chi connectivity index (χ0n) is 10.4. The lowest BCUT2D eigenvalue weighted by molar-refractivity contribution is -0.137. The van der Waals surface area contributed by atoms with E-state index in [2.05, 4.69) is 26.6 Å². The van der Waals surface area contributed by atoms with Crippen molar-refractivity contribution in [2.75, 3.05) is 13.1 Å². The second kappa shape index (κ2) is 4.22. The van der Waals surface area contributed by atoms with Gasteiger partial charge in [-0.25, -0.2) is 4.79 Å². The van der Waals surface area contributed by atoms with Gasteiger partial charge in [0.05, 0.1) is 10.9 Å². The van der Waals surface area contributed by atoms with Crippen LogP contribution in [0.2, 0.25) is 0 Å². The van der Waals surface area contributed by atoms with E-state index in [1.165, 1.54) is 0 Å². The maximum absolute atomic E-state index is 12.2. The zero-order valence-corrected chi connectivity index (χ0v) is 12.0. The monoisotopic (exact) mass is 317 g/mol. The molecule has 0 radical (unpaired) electrons. The lowest BCUT2D eigenvalue weighted by Gasteiger charge is -2.40. The standard InChI is InChI=1S/C11H16BrN3O3/c1-10(2,12)8(17)15-5-3-4-11(6-15)7(16)13-9(18)14-11/h3-6H2,1-2H3,(H2,13,14,16,18). The number of hydrogen-bond donors (Lipinski definition) is 2. The van der Waals surface area contributed by atoms with Gasteiger partial charge in [-0.3, -0.25) is 14.9 Å². The van der Waals surface area contributed by atoms with E-state index in [1.807, 2.05) is 0 Å². The maximum atomic E-state index is 12.2. The van der Waals surface area contributed by atoms with Gasteiger partial charge in [0.25, 0.3) is 5.91 Å². The minimum atomic E-state index is -0.941. The molecule has 2 saturated heterocycles. The van der Waals surface area contributed by atoms with E-state index in [9.17, 15) is 14.4 Å². The van der Waals surface area contributed by atoms with Gasteiger partial charge in [-0.2, -0.15) is 0 Å². The highest BCUT2D eigenvalue weighted by Crippen LogP contribution is 2.28. The molecule has 2 heterocycles. The van der Waals surface area contributed by atoms with Crippen LogP contribution in [0.1, 0.15) is 26.7 Å². The third kappa shape index (κ3) is 2.23. The molecule has 0 aromatic heterocycles. The molecule has 4 amide bonds. The number of alkyl halides is 1. The summed E-state index contributed by atoms with van der Waals surface area (Å²) in [6.07, 6.45) is 1.26. The van der Waals surface area contributed by atoms with Crippen LogP contribution in [0.25, 0.3) is 0 Å². The van der Waals surface area contributed by atoms with Crippen LogP contribution >= 0.6 is 15.9 Å². The zero-order chi connectivity index (χ0) is 13.6. The highest BCUT2D eigenvalue weighted by Gasteiger charge is 2.50. The second-order valence-electron chi connectivity index (χ2n) is 5.29. The molecule has 7 heteroatoms. The van der Waals surface area contributed by atoms with Crippen LogP contribution in [-0.4, -0.2) is 45.7 Å². The summed E-state index contributed by atoms with van der Waals surface area (Å²) in [7, 11) is 0. The fourth-order valence-corrected chi connectivity index (χ4v) is 2.67. The summed E-state index contributed by atoms with van der Waals surface area (Å²) in [6.45, 7) is 4.38. The summed E-state index contributed by atoms with van der Waals surface area (Å²) in [5, 5.41) is 4.88. The minimum absolute atomic E-state index is 0.0736. The van der Waals surface area contributed by atoms with Gasteiger partial charge in [-0.15, -0.1) is 0 Å². The first-order chi connectivity index (χ1) is 8.24. The van der Waals surface area contributed by atoms with Gasteiger partial charge in [0.2, 0.25) is 5.91 Å². The Balaban J connectivity index is 2.17. The topological polar surface area (TPSA) is 78.5 Å². The van der Waals surface area contributed by atoms with Crippen LogP contribution in [0.3, 0.4) is 0 Å². The molecule has 0 aromatic carbocycles. The van der Waals surface area contributed by atoms with Crippen molar-refractivity contribution in [3.8, 4) is 0 Å². The first-order valence-corrected chi connectivity index (χ1v) is 6.66. The fourth-order valence-electron chi connectivity index (χ4n) is 2.42. The predicted molar refractivity (Wildman–Crippen MR) is 68.2 cm³/mol. The number of hydrogen-bond acceptors (Lipinski definition) is 3. The lowest BCUT2D eigenvalue weighted by atomic mass is 9.88. The largest absolute Gasteiger partial charge is 0.339 e. The number of likely N-dealkylation sites (tertiary alicyclic amines) is 1. The second-order valence-corrected chi connectivity index (χ2v) is 7.28.